The van der Waals surface area contributed by atoms with Gasteiger partial charge in [-0.25, -0.2) is 4.98 Å². The van der Waals surface area contributed by atoms with Crippen molar-refractivity contribution in [2.24, 2.45) is 5.73 Å². The first-order valence-electron chi connectivity index (χ1n) is 5.81. The molecule has 18 heavy (non-hydrogen) atoms. The average Bonchev–Trinajstić information content (AvgIpc) is 2.39. The lowest BCUT2D eigenvalue weighted by atomic mass is 10.2. The van der Waals surface area contributed by atoms with Gasteiger partial charge in [0.15, 0.2) is 0 Å². The zero-order valence-electron chi connectivity index (χ0n) is 10.0. The van der Waals surface area contributed by atoms with Crippen molar-refractivity contribution in [2.45, 2.75) is 0 Å². The Morgan fingerprint density at radius 1 is 1.44 bits per heavy atom. The molecule has 2 rings (SSSR count). The zero-order chi connectivity index (χ0) is 13.0. The van der Waals surface area contributed by atoms with E-state index >= 15 is 0 Å². The number of hydrogen-bond acceptors (Lipinski definition) is 5. The minimum absolute atomic E-state index is 0.292. The summed E-state index contributed by atoms with van der Waals surface area (Å²) < 4.78 is 0. The van der Waals surface area contributed by atoms with Crippen LogP contribution in [-0.4, -0.2) is 48.5 Å². The number of carbonyl (C=O) groups excluding carboxylic acids is 1. The largest absolute Gasteiger partial charge is 0.369 e. The van der Waals surface area contributed by atoms with Gasteiger partial charge in [0.25, 0.3) is 0 Å². The lowest BCUT2D eigenvalue weighted by molar-refractivity contribution is -0.119. The van der Waals surface area contributed by atoms with Crippen LogP contribution in [0.25, 0.3) is 0 Å². The van der Waals surface area contributed by atoms with E-state index < -0.39 is 0 Å². The van der Waals surface area contributed by atoms with Crippen LogP contribution < -0.4 is 10.6 Å². The molecule has 1 amide bonds. The third-order valence-corrected chi connectivity index (χ3v) is 2.97. The van der Waals surface area contributed by atoms with Crippen molar-refractivity contribution in [1.82, 2.24) is 9.88 Å². The Hall–Kier alpha value is -2.13. The Morgan fingerprint density at radius 2 is 2.17 bits per heavy atom. The number of anilines is 1. The molecular weight excluding hydrogens is 230 g/mol. The van der Waals surface area contributed by atoms with Crippen molar-refractivity contribution in [3.63, 3.8) is 0 Å². The van der Waals surface area contributed by atoms with Crippen molar-refractivity contribution in [3.8, 4) is 6.07 Å². The van der Waals surface area contributed by atoms with Crippen LogP contribution >= 0.6 is 0 Å². The molecule has 0 unspecified atom stereocenters. The summed E-state index contributed by atoms with van der Waals surface area (Å²) in [6.07, 6.45) is 1.64. The second-order valence-corrected chi connectivity index (χ2v) is 4.24. The highest BCUT2D eigenvalue weighted by Gasteiger charge is 2.18. The molecule has 0 atom stereocenters. The molecule has 0 aromatic carbocycles. The van der Waals surface area contributed by atoms with E-state index in [1.54, 1.807) is 12.3 Å². The molecule has 1 aliphatic rings. The van der Waals surface area contributed by atoms with Gasteiger partial charge in [-0.05, 0) is 12.1 Å². The van der Waals surface area contributed by atoms with E-state index in [1.165, 1.54) is 0 Å². The van der Waals surface area contributed by atoms with E-state index in [0.717, 1.165) is 31.9 Å². The normalized spacial score (nSPS) is 16.3. The van der Waals surface area contributed by atoms with E-state index in [4.69, 9.17) is 11.0 Å². The minimum Gasteiger partial charge on any atom is -0.369 e. The molecule has 0 spiro atoms. The number of hydrogen-bond donors (Lipinski definition) is 1. The number of aromatic nitrogens is 1. The minimum atomic E-state index is -0.292. The molecule has 6 heteroatoms. The quantitative estimate of drug-likeness (QED) is 0.780. The number of rotatable bonds is 3. The molecule has 1 fully saturated rings. The smallest absolute Gasteiger partial charge is 0.231 e. The van der Waals surface area contributed by atoms with Crippen molar-refractivity contribution in [3.05, 3.63) is 24.0 Å². The number of nitrogens with zero attached hydrogens (tertiary/aromatic N) is 4. The lowest BCUT2D eigenvalue weighted by Gasteiger charge is -2.35. The molecule has 1 aromatic rings. The summed E-state index contributed by atoms with van der Waals surface area (Å²) in [6.45, 7) is 3.55. The number of amides is 1. The number of primary amides is 1. The molecule has 0 aliphatic carbocycles. The fraction of sp³-hybridized carbons (Fsp3) is 0.417. The molecule has 0 saturated carbocycles. The van der Waals surface area contributed by atoms with Gasteiger partial charge < -0.3 is 10.6 Å². The highest BCUT2D eigenvalue weighted by molar-refractivity contribution is 5.75. The summed E-state index contributed by atoms with van der Waals surface area (Å²) in [5.41, 5.74) is 6.59. The van der Waals surface area contributed by atoms with Gasteiger partial charge in [-0.3, -0.25) is 9.69 Å². The summed E-state index contributed by atoms with van der Waals surface area (Å²) in [5.74, 6) is -0.292. The van der Waals surface area contributed by atoms with Crippen molar-refractivity contribution in [1.29, 1.82) is 5.26 Å². The highest BCUT2D eigenvalue weighted by atomic mass is 16.1. The van der Waals surface area contributed by atoms with Gasteiger partial charge in [0.05, 0.1) is 6.54 Å². The first-order chi connectivity index (χ1) is 8.69. The van der Waals surface area contributed by atoms with Gasteiger partial charge in [-0.2, -0.15) is 5.26 Å². The fourth-order valence-electron chi connectivity index (χ4n) is 2.06. The van der Waals surface area contributed by atoms with Crippen molar-refractivity contribution >= 4 is 11.6 Å². The molecule has 2 heterocycles. The number of nitrogens with two attached hydrogens (primary N) is 1. The molecule has 2 N–H and O–H groups in total. The van der Waals surface area contributed by atoms with E-state index in [1.807, 2.05) is 17.0 Å². The van der Waals surface area contributed by atoms with Crippen LogP contribution in [0.2, 0.25) is 0 Å². The van der Waals surface area contributed by atoms with Crippen molar-refractivity contribution < 1.29 is 4.79 Å². The summed E-state index contributed by atoms with van der Waals surface area (Å²) >= 11 is 0. The van der Waals surface area contributed by atoms with E-state index in [2.05, 4.69) is 9.88 Å². The first-order valence-corrected chi connectivity index (χ1v) is 5.81. The molecule has 1 aromatic heterocycles. The molecular formula is C12H15N5O. The van der Waals surface area contributed by atoms with Gasteiger partial charge in [-0.15, -0.1) is 0 Å². The van der Waals surface area contributed by atoms with E-state index in [-0.39, 0.29) is 5.91 Å². The SMILES string of the molecule is N#Cc1cc(N2CCN(CC(N)=O)CC2)ccn1. The molecule has 1 saturated heterocycles. The summed E-state index contributed by atoms with van der Waals surface area (Å²) in [4.78, 5) is 19.0. The molecule has 1 aliphatic heterocycles. The molecule has 94 valence electrons. The predicted molar refractivity (Wildman–Crippen MR) is 66.8 cm³/mol. The lowest BCUT2D eigenvalue weighted by Crippen LogP contribution is -2.48. The second-order valence-electron chi connectivity index (χ2n) is 4.24. The van der Waals surface area contributed by atoms with Crippen LogP contribution in [0.1, 0.15) is 5.69 Å². The second kappa shape index (κ2) is 5.47. The Morgan fingerprint density at radius 3 is 2.78 bits per heavy atom. The van der Waals surface area contributed by atoms with Crippen LogP contribution in [0, 0.1) is 11.3 Å². The van der Waals surface area contributed by atoms with Gasteiger partial charge in [0.1, 0.15) is 11.8 Å². The fourth-order valence-corrected chi connectivity index (χ4v) is 2.06. The van der Waals surface area contributed by atoms with Crippen LogP contribution in [0.4, 0.5) is 5.69 Å². The third kappa shape index (κ3) is 2.96. The molecule has 0 bridgehead atoms. The molecule has 6 nitrogen and oxygen atoms in total. The zero-order valence-corrected chi connectivity index (χ0v) is 10.0. The van der Waals surface area contributed by atoms with Gasteiger partial charge in [-0.1, -0.05) is 0 Å². The Bertz CT molecular complexity index is 474. The Labute approximate surface area is 106 Å². The maximum absolute atomic E-state index is 10.8. The van der Waals surface area contributed by atoms with Gasteiger partial charge in [0.2, 0.25) is 5.91 Å². The third-order valence-electron chi connectivity index (χ3n) is 2.97. The number of nitriles is 1. The number of pyridine rings is 1. The van der Waals surface area contributed by atoms with Gasteiger partial charge in [0, 0.05) is 38.1 Å². The highest BCUT2D eigenvalue weighted by Crippen LogP contribution is 2.16. The predicted octanol–water partition coefficient (Wildman–Crippen LogP) is -0.439. The monoisotopic (exact) mass is 245 g/mol. The Balaban J connectivity index is 1.97. The van der Waals surface area contributed by atoms with E-state index in [9.17, 15) is 4.79 Å². The van der Waals surface area contributed by atoms with Crippen LogP contribution in [-0.2, 0) is 4.79 Å². The summed E-state index contributed by atoms with van der Waals surface area (Å²) in [6, 6.07) is 5.71. The van der Waals surface area contributed by atoms with E-state index in [0.29, 0.717) is 12.2 Å². The maximum Gasteiger partial charge on any atom is 0.231 e. The standard InChI is InChI=1S/C12H15N5O/c13-8-10-7-11(1-2-15-10)17-5-3-16(4-6-17)9-12(14)18/h1-2,7H,3-6,9H2,(H2,14,18). The van der Waals surface area contributed by atoms with Gasteiger partial charge >= 0.3 is 0 Å². The van der Waals surface area contributed by atoms with Crippen LogP contribution in [0.3, 0.4) is 0 Å². The topological polar surface area (TPSA) is 86.3 Å². The average molecular weight is 245 g/mol. The number of piperazine rings is 1. The summed E-state index contributed by atoms with van der Waals surface area (Å²) in [7, 11) is 0. The van der Waals surface area contributed by atoms with Crippen LogP contribution in [0.15, 0.2) is 18.3 Å². The summed E-state index contributed by atoms with van der Waals surface area (Å²) in [5, 5.41) is 8.81. The maximum atomic E-state index is 10.8. The Kier molecular flexibility index (Phi) is 3.75. The number of carbonyl (C=O) groups is 1. The first kappa shape index (κ1) is 12.3. The van der Waals surface area contributed by atoms with Crippen LogP contribution in [0.5, 0.6) is 0 Å². The van der Waals surface area contributed by atoms with Crippen molar-refractivity contribution in [2.75, 3.05) is 37.6 Å². The molecule has 0 radical (unpaired) electrons.